The lowest BCUT2D eigenvalue weighted by atomic mass is 9.66. The van der Waals surface area contributed by atoms with Crippen LogP contribution in [-0.2, 0) is 22.1 Å². The largest absolute Gasteiger partial charge is 0.381 e. The Balaban J connectivity index is 2.07. The topological polar surface area (TPSA) is 38.7 Å². The molecule has 3 nitrogen and oxygen atoms in total. The molecule has 2 aliphatic carbocycles. The van der Waals surface area contributed by atoms with E-state index in [0.717, 1.165) is 35.9 Å². The van der Waals surface area contributed by atoms with Gasteiger partial charge in [0.15, 0.2) is 0 Å². The lowest BCUT2D eigenvalue weighted by Gasteiger charge is -2.41. The first-order valence-corrected chi connectivity index (χ1v) is 10.9. The third-order valence-corrected chi connectivity index (χ3v) is 7.50. The van der Waals surface area contributed by atoms with Gasteiger partial charge in [-0.15, -0.1) is 0 Å². The summed E-state index contributed by atoms with van der Waals surface area (Å²) in [5, 5.41) is 0. The Morgan fingerprint density at radius 1 is 1.36 bits per heavy atom. The SMILES string of the molecule is CO[C@H]1CC[C@@]2(Cc3ccc(Br)cc3C2=N[S@](=O)C(C)(C)C)C[C@@H]1C. The van der Waals surface area contributed by atoms with E-state index in [1.807, 2.05) is 27.9 Å². The fourth-order valence-electron chi connectivity index (χ4n) is 4.30. The van der Waals surface area contributed by atoms with Gasteiger partial charge in [0.25, 0.3) is 0 Å². The highest BCUT2D eigenvalue weighted by atomic mass is 79.9. The maximum Gasteiger partial charge on any atom is 0.145 e. The summed E-state index contributed by atoms with van der Waals surface area (Å²) >= 11 is 3.59. The summed E-state index contributed by atoms with van der Waals surface area (Å²) in [4.78, 5) is 0. The van der Waals surface area contributed by atoms with Crippen LogP contribution < -0.4 is 0 Å². The van der Waals surface area contributed by atoms with Crippen molar-refractivity contribution in [3.8, 4) is 0 Å². The first kappa shape index (κ1) is 19.2. The van der Waals surface area contributed by atoms with Gasteiger partial charge >= 0.3 is 0 Å². The number of hydrogen-bond donors (Lipinski definition) is 0. The van der Waals surface area contributed by atoms with E-state index in [9.17, 15) is 4.21 Å². The van der Waals surface area contributed by atoms with Gasteiger partial charge in [0, 0.05) is 22.6 Å². The molecular formula is C20H28BrNO2S. The molecule has 3 rings (SSSR count). The highest BCUT2D eigenvalue weighted by Crippen LogP contribution is 2.50. The highest BCUT2D eigenvalue weighted by molar-refractivity contribution is 9.10. The van der Waals surface area contributed by atoms with Gasteiger partial charge in [-0.25, -0.2) is 4.21 Å². The van der Waals surface area contributed by atoms with Crippen molar-refractivity contribution >= 4 is 32.6 Å². The molecule has 0 unspecified atom stereocenters. The van der Waals surface area contributed by atoms with E-state index in [1.54, 1.807) is 0 Å². The molecule has 4 atom stereocenters. The minimum Gasteiger partial charge on any atom is -0.381 e. The molecule has 0 amide bonds. The minimum absolute atomic E-state index is 0.00150. The van der Waals surface area contributed by atoms with Crippen LogP contribution in [0.4, 0.5) is 0 Å². The molecule has 1 saturated carbocycles. The summed E-state index contributed by atoms with van der Waals surface area (Å²) in [7, 11) is 0.560. The second kappa shape index (κ2) is 6.90. The van der Waals surface area contributed by atoms with E-state index >= 15 is 0 Å². The molecule has 2 aliphatic rings. The number of fused-ring (bicyclic) bond motifs is 1. The Morgan fingerprint density at radius 2 is 2.08 bits per heavy atom. The van der Waals surface area contributed by atoms with E-state index < -0.39 is 11.0 Å². The zero-order valence-electron chi connectivity index (χ0n) is 15.8. The molecule has 0 heterocycles. The predicted octanol–water partition coefficient (Wildman–Crippen LogP) is 5.08. The summed E-state index contributed by atoms with van der Waals surface area (Å²) in [6, 6.07) is 6.44. The van der Waals surface area contributed by atoms with E-state index in [-0.39, 0.29) is 10.2 Å². The number of nitrogens with zero attached hydrogens (tertiary/aromatic N) is 1. The molecule has 138 valence electrons. The second-order valence-corrected chi connectivity index (χ2v) is 11.4. The van der Waals surface area contributed by atoms with Gasteiger partial charge < -0.3 is 4.74 Å². The van der Waals surface area contributed by atoms with Crippen LogP contribution in [0.15, 0.2) is 27.1 Å². The predicted molar refractivity (Wildman–Crippen MR) is 109 cm³/mol. The Kier molecular flexibility index (Phi) is 5.31. The van der Waals surface area contributed by atoms with Crippen LogP contribution in [0.2, 0.25) is 0 Å². The Bertz CT molecular complexity index is 725. The van der Waals surface area contributed by atoms with Crippen molar-refractivity contribution in [3.05, 3.63) is 33.8 Å². The molecule has 1 spiro atoms. The Morgan fingerprint density at radius 3 is 2.68 bits per heavy atom. The van der Waals surface area contributed by atoms with Crippen LogP contribution in [0.25, 0.3) is 0 Å². The zero-order chi connectivity index (χ0) is 18.4. The normalized spacial score (nSPS) is 32.2. The summed E-state index contributed by atoms with van der Waals surface area (Å²) in [5.74, 6) is 0.477. The van der Waals surface area contributed by atoms with Crippen molar-refractivity contribution in [2.45, 2.75) is 64.2 Å². The van der Waals surface area contributed by atoms with Crippen LogP contribution in [0.1, 0.15) is 58.1 Å². The molecule has 0 N–H and O–H groups in total. The molecule has 0 aromatic heterocycles. The average Bonchev–Trinajstić information content (AvgIpc) is 2.80. The van der Waals surface area contributed by atoms with Crippen LogP contribution in [0, 0.1) is 11.3 Å². The third kappa shape index (κ3) is 3.65. The van der Waals surface area contributed by atoms with Crippen LogP contribution in [-0.4, -0.2) is 27.9 Å². The lowest BCUT2D eigenvalue weighted by molar-refractivity contribution is 0.00486. The van der Waals surface area contributed by atoms with Gasteiger partial charge in [-0.1, -0.05) is 28.9 Å². The highest BCUT2D eigenvalue weighted by Gasteiger charge is 2.48. The maximum atomic E-state index is 12.8. The van der Waals surface area contributed by atoms with Crippen molar-refractivity contribution in [3.63, 3.8) is 0 Å². The van der Waals surface area contributed by atoms with Gasteiger partial charge in [-0.05, 0) is 70.1 Å². The van der Waals surface area contributed by atoms with E-state index in [0.29, 0.717) is 12.0 Å². The number of hydrogen-bond acceptors (Lipinski definition) is 2. The molecule has 0 bridgehead atoms. The van der Waals surface area contributed by atoms with E-state index in [1.165, 1.54) is 11.1 Å². The molecule has 0 radical (unpaired) electrons. The molecule has 0 saturated heterocycles. The van der Waals surface area contributed by atoms with Crippen LogP contribution in [0.3, 0.4) is 0 Å². The molecule has 0 aliphatic heterocycles. The van der Waals surface area contributed by atoms with Crippen molar-refractivity contribution in [1.29, 1.82) is 0 Å². The summed E-state index contributed by atoms with van der Waals surface area (Å²) in [6.45, 7) is 8.23. The number of rotatable bonds is 2. The van der Waals surface area contributed by atoms with E-state index in [4.69, 9.17) is 9.13 Å². The van der Waals surface area contributed by atoms with Crippen LogP contribution in [0.5, 0.6) is 0 Å². The van der Waals surface area contributed by atoms with Gasteiger partial charge in [0.1, 0.15) is 11.0 Å². The number of ether oxygens (including phenoxy) is 1. The number of halogens is 1. The fourth-order valence-corrected chi connectivity index (χ4v) is 5.39. The third-order valence-electron chi connectivity index (χ3n) is 5.61. The minimum atomic E-state index is -1.25. The Labute approximate surface area is 162 Å². The van der Waals surface area contributed by atoms with Crippen molar-refractivity contribution in [1.82, 2.24) is 0 Å². The quantitative estimate of drug-likeness (QED) is 0.662. The lowest BCUT2D eigenvalue weighted by Crippen LogP contribution is -2.41. The molecule has 1 aromatic carbocycles. The summed E-state index contributed by atoms with van der Waals surface area (Å²) in [6.07, 6.45) is 4.43. The molecule has 1 aromatic rings. The number of methoxy groups -OCH3 is 1. The first-order chi connectivity index (χ1) is 11.7. The Hall–Kier alpha value is -0.520. The van der Waals surface area contributed by atoms with Gasteiger partial charge in [0.2, 0.25) is 0 Å². The standard InChI is InChI=1S/C20H28BrNO2S/c1-13-11-20(9-8-17(13)24-5)12-14-6-7-15(21)10-16(14)18(20)22-25(23)19(2,3)4/h6-7,10,13,17H,8-9,11-12H2,1-5H3/t13-,17-,20-,25+/m0/s1. The van der Waals surface area contributed by atoms with Gasteiger partial charge in [-0.2, -0.15) is 4.40 Å². The fraction of sp³-hybridized carbons (Fsp3) is 0.650. The van der Waals surface area contributed by atoms with Gasteiger partial charge in [0.05, 0.1) is 16.6 Å². The average molecular weight is 426 g/mol. The molecular weight excluding hydrogens is 398 g/mol. The van der Waals surface area contributed by atoms with Crippen LogP contribution >= 0.6 is 15.9 Å². The van der Waals surface area contributed by atoms with Crippen molar-refractivity contribution in [2.75, 3.05) is 7.11 Å². The zero-order valence-corrected chi connectivity index (χ0v) is 18.2. The molecule has 1 fully saturated rings. The van der Waals surface area contributed by atoms with Crippen molar-refractivity contribution < 1.29 is 8.95 Å². The first-order valence-electron chi connectivity index (χ1n) is 8.99. The maximum absolute atomic E-state index is 12.8. The van der Waals surface area contributed by atoms with Gasteiger partial charge in [-0.3, -0.25) is 0 Å². The van der Waals surface area contributed by atoms with Crippen molar-refractivity contribution in [2.24, 2.45) is 15.7 Å². The molecule has 5 heteroatoms. The summed E-state index contributed by atoms with van der Waals surface area (Å²) < 4.78 is 24.0. The van der Waals surface area contributed by atoms with E-state index in [2.05, 4.69) is 41.1 Å². The smallest absolute Gasteiger partial charge is 0.145 e. The molecule has 25 heavy (non-hydrogen) atoms. The second-order valence-electron chi connectivity index (χ2n) is 8.55. The summed E-state index contributed by atoms with van der Waals surface area (Å²) in [5.41, 5.74) is 3.56. The number of benzene rings is 1. The monoisotopic (exact) mass is 425 g/mol.